The molecule has 10 nitrogen and oxygen atoms in total. The van der Waals surface area contributed by atoms with Crippen LogP contribution in [0.5, 0.6) is 0 Å². The van der Waals surface area contributed by atoms with Crippen LogP contribution in [0.2, 0.25) is 0 Å². The molecule has 0 aliphatic rings. The van der Waals surface area contributed by atoms with Gasteiger partial charge in [-0.2, -0.15) is 0 Å². The second-order valence-corrected chi connectivity index (χ2v) is 51.3. The molecule has 0 fully saturated rings. The third kappa shape index (κ3) is 72.7. The Labute approximate surface area is 642 Å². The van der Waals surface area contributed by atoms with Crippen LogP contribution < -0.4 is 5.32 Å². The maximum Gasteiger partial charge on any atom is 0.220 e. The first-order valence-electron chi connectivity index (χ1n) is 42.1. The zero-order valence-electron chi connectivity index (χ0n) is 74.6. The number of nitrogens with zero attached hydrogens (tertiary/aromatic N) is 3. The molecule has 0 aliphatic heterocycles. The van der Waals surface area contributed by atoms with E-state index in [1.807, 2.05) is 25.5 Å². The zero-order valence-corrected chi connectivity index (χ0v) is 77.1. The van der Waals surface area contributed by atoms with Gasteiger partial charge in [0.2, 0.25) is 5.91 Å². The molecule has 0 saturated heterocycles. The number of nitrogens with one attached hydrogen (secondary N) is 1. The van der Waals surface area contributed by atoms with Crippen LogP contribution in [0.1, 0.15) is 470 Å². The predicted octanol–water partition coefficient (Wildman–Crippen LogP) is 27.5. The number of rotatable bonds is 45. The lowest BCUT2D eigenvalue weighted by atomic mass is 9.89. The smallest absolute Gasteiger partial charge is 0.220 e. The average molecular weight is 1500 g/mol. The quantitative estimate of drug-likeness (QED) is 0.0502. The number of aromatic nitrogens is 3. The van der Waals surface area contributed by atoms with Crippen LogP contribution in [0.25, 0.3) is 0 Å². The standard InChI is InChI=1S/C20H41NO3S.C19H40OS.C18H38.C17H33N3.C15H32O2S/c1-19(2,3)17-18(22)21-15-13-11-9-7-8-10-12-14-16-25(23,24)20(4,5)6;1-18(2,3)16-14-12-10-8-9-11-13-15-17-21(7,20)19(4,5)6;1-17(2,3)15-13-11-9-7-8-10-12-14-16-18(4,5)6;1-16(2,3)12-10-8-7-9-11-13-20-14-15(18-19-20)17(4,5)6;1-14(2,3)12-10-8-7-9-11-13-18(16,17)15(4,5)6/h7-17H2,1-6H3,(H,21,22);7-17H2,1-6H3;7-16H2,1-6H3;14H,7-13H2,1-6H3;7-13H2,1-6H3. The van der Waals surface area contributed by atoms with Crippen molar-refractivity contribution in [3.05, 3.63) is 11.9 Å². The molecular formula is C89H184N4O6S3. The summed E-state index contributed by atoms with van der Waals surface area (Å²) < 4.78 is 60.7. The molecular weight excluding hydrogens is 1320 g/mol. The summed E-state index contributed by atoms with van der Waals surface area (Å²) in [6.07, 6.45) is 52.1. The molecule has 1 amide bonds. The molecule has 1 aromatic rings. The first kappa shape index (κ1) is 107. The van der Waals surface area contributed by atoms with Crippen LogP contribution in [-0.4, -0.2) is 85.9 Å². The van der Waals surface area contributed by atoms with Gasteiger partial charge in [0.25, 0.3) is 0 Å². The molecule has 0 radical (unpaired) electrons. The van der Waals surface area contributed by atoms with E-state index >= 15 is 0 Å². The molecule has 1 N–H and O–H groups in total. The maximum absolute atomic E-state index is 12.4. The van der Waals surface area contributed by atoms with Crippen LogP contribution >= 0.6 is 0 Å². The van der Waals surface area contributed by atoms with Gasteiger partial charge in [-0.15, -0.1) is 5.10 Å². The summed E-state index contributed by atoms with van der Waals surface area (Å²) in [7, 11) is -7.79. The van der Waals surface area contributed by atoms with E-state index in [9.17, 15) is 25.8 Å². The molecule has 102 heavy (non-hydrogen) atoms. The fourth-order valence-corrected chi connectivity index (χ4v) is 15.0. The van der Waals surface area contributed by atoms with Gasteiger partial charge in [0.05, 0.1) is 26.7 Å². The minimum atomic E-state index is -2.96. The van der Waals surface area contributed by atoms with Crippen molar-refractivity contribution in [2.45, 2.75) is 491 Å². The predicted molar refractivity (Wildman–Crippen MR) is 460 cm³/mol. The van der Waals surface area contributed by atoms with Crippen molar-refractivity contribution in [1.82, 2.24) is 20.3 Å². The summed E-state index contributed by atoms with van der Waals surface area (Å²) in [5.41, 5.74) is 3.72. The van der Waals surface area contributed by atoms with Crippen LogP contribution in [-0.2, 0) is 46.0 Å². The minimum absolute atomic E-state index is 0.0519. The van der Waals surface area contributed by atoms with Crippen molar-refractivity contribution in [3.8, 4) is 0 Å². The lowest BCUT2D eigenvalue weighted by Crippen LogP contribution is -2.30. The molecule has 1 heterocycles. The third-order valence-corrected chi connectivity index (χ3v) is 27.6. The van der Waals surface area contributed by atoms with Gasteiger partial charge in [0.15, 0.2) is 19.7 Å². The molecule has 614 valence electrons. The molecule has 0 spiro atoms. The van der Waals surface area contributed by atoms with E-state index in [1.165, 1.54) is 193 Å². The summed E-state index contributed by atoms with van der Waals surface area (Å²) in [4.78, 5) is 11.7. The fourth-order valence-electron chi connectivity index (χ4n) is 11.3. The van der Waals surface area contributed by atoms with Crippen molar-refractivity contribution >= 4 is 41.0 Å². The van der Waals surface area contributed by atoms with Crippen LogP contribution in [0, 0.1) is 32.5 Å². The molecule has 1 aromatic heterocycles. The van der Waals surface area contributed by atoms with Crippen molar-refractivity contribution in [2.75, 3.05) is 23.8 Å². The van der Waals surface area contributed by atoms with E-state index < -0.39 is 38.7 Å². The Balaban J connectivity index is -0.000000592. The second-order valence-electron chi connectivity index (χ2n) is 42.3. The van der Waals surface area contributed by atoms with Gasteiger partial charge in [0, 0.05) is 41.6 Å². The number of amides is 1. The van der Waals surface area contributed by atoms with Crippen molar-refractivity contribution in [3.63, 3.8) is 0 Å². The molecule has 1 atom stereocenters. The van der Waals surface area contributed by atoms with E-state index in [0.29, 0.717) is 45.0 Å². The number of aryl methyl sites for hydroxylation is 1. The van der Waals surface area contributed by atoms with Gasteiger partial charge in [-0.25, -0.2) is 16.8 Å². The van der Waals surface area contributed by atoms with Crippen LogP contribution in [0.3, 0.4) is 0 Å². The monoisotopic (exact) mass is 1500 g/mol. The van der Waals surface area contributed by atoms with E-state index in [1.54, 1.807) is 41.5 Å². The molecule has 13 heteroatoms. The van der Waals surface area contributed by atoms with E-state index in [-0.39, 0.29) is 21.5 Å². The summed E-state index contributed by atoms with van der Waals surface area (Å²) in [5, 5.41) is 11.5. The number of unbranched alkanes of at least 4 members (excludes halogenated alkanes) is 29. The van der Waals surface area contributed by atoms with Crippen molar-refractivity contribution in [2.24, 2.45) is 32.5 Å². The van der Waals surface area contributed by atoms with Gasteiger partial charge in [-0.1, -0.05) is 337 Å². The summed E-state index contributed by atoms with van der Waals surface area (Å²) in [6.45, 7) is 66.2. The van der Waals surface area contributed by atoms with Gasteiger partial charge in [0.1, 0.15) is 0 Å². The largest absolute Gasteiger partial charge is 0.356 e. The molecule has 1 unspecified atom stereocenters. The number of hydrogen-bond acceptors (Lipinski definition) is 8. The highest BCUT2D eigenvalue weighted by molar-refractivity contribution is 8.01. The van der Waals surface area contributed by atoms with Gasteiger partial charge >= 0.3 is 0 Å². The Kier molecular flexibility index (Phi) is 55.9. The van der Waals surface area contributed by atoms with Gasteiger partial charge < -0.3 is 5.32 Å². The lowest BCUT2D eigenvalue weighted by Gasteiger charge is -2.24. The van der Waals surface area contributed by atoms with Crippen molar-refractivity contribution < 1.29 is 25.8 Å². The maximum atomic E-state index is 12.4. The molecule has 1 rings (SSSR count). The third-order valence-electron chi connectivity index (χ3n) is 19.1. The lowest BCUT2D eigenvalue weighted by molar-refractivity contribution is -0.122. The molecule has 0 aliphatic carbocycles. The summed E-state index contributed by atoms with van der Waals surface area (Å²) >= 11 is 0. The van der Waals surface area contributed by atoms with E-state index in [4.69, 9.17) is 0 Å². The van der Waals surface area contributed by atoms with Crippen LogP contribution in [0.15, 0.2) is 6.20 Å². The summed E-state index contributed by atoms with van der Waals surface area (Å²) in [5.74, 6) is 5.55. The van der Waals surface area contributed by atoms with Gasteiger partial charge in [-0.05, 0) is 174 Å². The Bertz CT molecular complexity index is 2490. The average Bonchev–Trinajstić information content (AvgIpc) is 0.941. The molecule has 0 aromatic carbocycles. The first-order valence-corrected chi connectivity index (χ1v) is 47.3. The highest BCUT2D eigenvalue weighted by Crippen LogP contribution is 2.29. The summed E-state index contributed by atoms with van der Waals surface area (Å²) in [6, 6.07) is 0. The Morgan fingerprint density at radius 2 is 0.578 bits per heavy atom. The second kappa shape index (κ2) is 53.4. The number of carbonyl (C=O) groups excluding carboxylic acids is 1. The highest BCUT2D eigenvalue weighted by atomic mass is 32.2. The highest BCUT2D eigenvalue weighted by Gasteiger charge is 2.29. The van der Waals surface area contributed by atoms with Crippen LogP contribution in [0.4, 0.5) is 0 Å². The number of hydrogen-bond donors (Lipinski definition) is 1. The fraction of sp³-hybridized carbons (Fsp3) is 0.955. The van der Waals surface area contributed by atoms with Crippen molar-refractivity contribution in [1.29, 1.82) is 0 Å². The Morgan fingerprint density at radius 1 is 0.333 bits per heavy atom. The van der Waals surface area contributed by atoms with E-state index in [2.05, 4.69) is 173 Å². The first-order chi connectivity index (χ1) is 46.2. The zero-order chi connectivity index (χ0) is 79.9. The minimum Gasteiger partial charge on any atom is -0.356 e. The van der Waals surface area contributed by atoms with Gasteiger partial charge in [-0.3, -0.25) is 13.7 Å². The number of carbonyl (C=O) groups is 1. The Morgan fingerprint density at radius 3 is 0.814 bits per heavy atom. The Hall–Kier alpha value is -1.47. The SMILES string of the molecule is C=S(=O)(CCCCCCCCCCC(C)(C)C)C(C)(C)C.CC(C)(C)CC(=O)NCCCCCCCCCCS(=O)(=O)C(C)(C)C.CC(C)(C)CCCCCCCCCCC(C)(C)C.CC(C)(C)CCCCCCCS(=O)(=O)C(C)(C)C.CC(C)(C)CCCCCCCn1cc(C(C)(C)C)nn1. The number of sulfone groups is 2. The molecule has 0 bridgehead atoms. The normalized spacial score (nSPS) is 13.7. The topological polar surface area (TPSA) is 145 Å². The van der Waals surface area contributed by atoms with E-state index in [0.717, 1.165) is 82.3 Å². The molecule has 0 saturated carbocycles.